The van der Waals surface area contributed by atoms with E-state index < -0.39 is 15.8 Å². The quantitative estimate of drug-likeness (QED) is 0.746. The molecular formula is C20H31FN3O3S+. The first-order valence-electron chi connectivity index (χ1n) is 10.2. The number of nitrogens with one attached hydrogen (secondary N) is 2. The number of piperazine rings is 1. The first-order chi connectivity index (χ1) is 13.3. The smallest absolute Gasteiger partial charge is 0.275 e. The fourth-order valence-electron chi connectivity index (χ4n) is 4.28. The van der Waals surface area contributed by atoms with Gasteiger partial charge in [0.25, 0.3) is 5.91 Å². The Hall–Kier alpha value is -1.51. The summed E-state index contributed by atoms with van der Waals surface area (Å²) in [5.74, 6) is 0.410. The zero-order valence-electron chi connectivity index (χ0n) is 16.7. The third-order valence-electron chi connectivity index (χ3n) is 6.35. The topological polar surface area (TPSA) is 70.9 Å². The number of carbonyl (C=O) groups excluding carboxylic acids is 1. The molecular weight excluding hydrogens is 381 g/mol. The average molecular weight is 413 g/mol. The minimum absolute atomic E-state index is 0.0337. The molecule has 1 amide bonds. The minimum Gasteiger partial charge on any atom is -0.348 e. The van der Waals surface area contributed by atoms with Crippen molar-refractivity contribution in [3.05, 3.63) is 30.1 Å². The summed E-state index contributed by atoms with van der Waals surface area (Å²) in [4.78, 5) is 13.2. The molecule has 1 heterocycles. The Kier molecular flexibility index (Phi) is 6.73. The maximum atomic E-state index is 13.9. The Labute approximate surface area is 167 Å². The molecule has 1 saturated carbocycles. The van der Waals surface area contributed by atoms with Gasteiger partial charge < -0.3 is 10.2 Å². The van der Waals surface area contributed by atoms with Crippen LogP contribution in [0.15, 0.2) is 29.2 Å². The Morgan fingerprint density at radius 3 is 2.57 bits per heavy atom. The lowest BCUT2D eigenvalue weighted by molar-refractivity contribution is -0.895. The van der Waals surface area contributed by atoms with Gasteiger partial charge >= 0.3 is 0 Å². The summed E-state index contributed by atoms with van der Waals surface area (Å²) in [6, 6.07) is 5.69. The number of benzene rings is 1. The number of sulfonamides is 1. The number of halogens is 1. The Morgan fingerprint density at radius 1 is 1.21 bits per heavy atom. The van der Waals surface area contributed by atoms with Crippen LogP contribution < -0.4 is 10.2 Å². The fourth-order valence-corrected chi connectivity index (χ4v) is 5.79. The first kappa shape index (κ1) is 21.2. The van der Waals surface area contributed by atoms with Gasteiger partial charge in [0.1, 0.15) is 10.7 Å². The van der Waals surface area contributed by atoms with Gasteiger partial charge in [-0.15, -0.1) is 0 Å². The van der Waals surface area contributed by atoms with Crippen molar-refractivity contribution in [1.82, 2.24) is 9.62 Å². The zero-order chi connectivity index (χ0) is 20.3. The largest absolute Gasteiger partial charge is 0.348 e. The molecule has 156 valence electrons. The van der Waals surface area contributed by atoms with E-state index in [1.807, 2.05) is 0 Å². The highest BCUT2D eigenvalue weighted by Gasteiger charge is 2.33. The second-order valence-corrected chi connectivity index (χ2v) is 10.1. The molecule has 1 aliphatic heterocycles. The van der Waals surface area contributed by atoms with Crippen molar-refractivity contribution in [2.24, 2.45) is 11.8 Å². The first-order valence-corrected chi connectivity index (χ1v) is 11.6. The van der Waals surface area contributed by atoms with Gasteiger partial charge in [-0.2, -0.15) is 4.31 Å². The number of carbonyl (C=O) groups is 1. The van der Waals surface area contributed by atoms with Crippen LogP contribution >= 0.6 is 0 Å². The lowest BCUT2D eigenvalue weighted by atomic mass is 9.78. The molecule has 8 heteroatoms. The van der Waals surface area contributed by atoms with Gasteiger partial charge in [0.05, 0.1) is 26.2 Å². The van der Waals surface area contributed by atoms with Crippen molar-refractivity contribution in [2.75, 3.05) is 32.7 Å². The van der Waals surface area contributed by atoms with Crippen LogP contribution in [0.5, 0.6) is 0 Å². The summed E-state index contributed by atoms with van der Waals surface area (Å²) in [6.45, 7) is 6.45. The van der Waals surface area contributed by atoms with E-state index in [4.69, 9.17) is 0 Å². The second-order valence-electron chi connectivity index (χ2n) is 8.20. The SMILES string of the molecule is C[C@@H]1[C@H](C)CCC[C@@H]1NC(=O)C[NH+]1CCN(S(=O)(=O)c2ccccc2F)CC1. The van der Waals surface area contributed by atoms with Crippen LogP contribution in [-0.4, -0.2) is 57.4 Å². The molecule has 0 bridgehead atoms. The van der Waals surface area contributed by atoms with Crippen molar-refractivity contribution in [3.8, 4) is 0 Å². The van der Waals surface area contributed by atoms with E-state index in [1.54, 1.807) is 0 Å². The maximum absolute atomic E-state index is 13.9. The lowest BCUT2D eigenvalue weighted by Crippen LogP contribution is -3.15. The fraction of sp³-hybridized carbons (Fsp3) is 0.650. The number of quaternary nitrogens is 1. The van der Waals surface area contributed by atoms with Crippen LogP contribution in [0, 0.1) is 17.7 Å². The number of amides is 1. The predicted molar refractivity (Wildman–Crippen MR) is 105 cm³/mol. The molecule has 2 fully saturated rings. The zero-order valence-corrected chi connectivity index (χ0v) is 17.5. The molecule has 3 rings (SSSR count). The van der Waals surface area contributed by atoms with Crippen LogP contribution in [-0.2, 0) is 14.8 Å². The summed E-state index contributed by atoms with van der Waals surface area (Å²) >= 11 is 0. The van der Waals surface area contributed by atoms with Crippen molar-refractivity contribution in [3.63, 3.8) is 0 Å². The van der Waals surface area contributed by atoms with Crippen LogP contribution in [0.25, 0.3) is 0 Å². The molecule has 1 aliphatic carbocycles. The summed E-state index contributed by atoms with van der Waals surface area (Å²) < 4.78 is 40.6. The van der Waals surface area contributed by atoms with E-state index >= 15 is 0 Å². The molecule has 1 aromatic carbocycles. The van der Waals surface area contributed by atoms with Crippen molar-refractivity contribution >= 4 is 15.9 Å². The molecule has 3 atom stereocenters. The van der Waals surface area contributed by atoms with Gasteiger partial charge in [-0.1, -0.05) is 38.8 Å². The van der Waals surface area contributed by atoms with Gasteiger partial charge in [0.2, 0.25) is 10.0 Å². The third kappa shape index (κ3) is 4.72. The minimum atomic E-state index is -3.84. The Morgan fingerprint density at radius 2 is 1.89 bits per heavy atom. The van der Waals surface area contributed by atoms with E-state index in [-0.39, 0.29) is 29.9 Å². The van der Waals surface area contributed by atoms with Gasteiger partial charge in [0, 0.05) is 6.04 Å². The second kappa shape index (κ2) is 8.88. The molecule has 0 unspecified atom stereocenters. The monoisotopic (exact) mass is 412 g/mol. The normalized spacial score (nSPS) is 27.5. The van der Waals surface area contributed by atoms with E-state index in [9.17, 15) is 17.6 Å². The van der Waals surface area contributed by atoms with Crippen LogP contribution in [0.1, 0.15) is 33.1 Å². The predicted octanol–water partition coefficient (Wildman–Crippen LogP) is 0.656. The highest BCUT2D eigenvalue weighted by molar-refractivity contribution is 7.89. The standard InChI is InChI=1S/C20H30FN3O3S/c1-15-6-5-8-18(16(15)2)22-20(25)14-23-10-12-24(13-11-23)28(26,27)19-9-4-3-7-17(19)21/h3-4,7,9,15-16,18H,5-6,8,10-14H2,1-2H3,(H,22,25)/p+1/t15-,16-,18+/m1/s1. The number of rotatable bonds is 5. The van der Waals surface area contributed by atoms with Crippen LogP contribution in [0.3, 0.4) is 0 Å². The van der Waals surface area contributed by atoms with E-state index in [2.05, 4.69) is 19.2 Å². The average Bonchev–Trinajstić information content (AvgIpc) is 2.66. The Bertz CT molecular complexity index is 794. The highest BCUT2D eigenvalue weighted by Crippen LogP contribution is 2.29. The van der Waals surface area contributed by atoms with Gasteiger partial charge in [-0.3, -0.25) is 4.79 Å². The molecule has 2 N–H and O–H groups in total. The van der Waals surface area contributed by atoms with Crippen LogP contribution in [0.4, 0.5) is 4.39 Å². The Balaban J connectivity index is 1.51. The van der Waals surface area contributed by atoms with Gasteiger partial charge in [-0.25, -0.2) is 12.8 Å². The molecule has 6 nitrogen and oxygen atoms in total. The van der Waals surface area contributed by atoms with Crippen molar-refractivity contribution in [2.45, 2.75) is 44.0 Å². The maximum Gasteiger partial charge on any atom is 0.275 e. The van der Waals surface area contributed by atoms with E-state index in [0.717, 1.165) is 23.8 Å². The highest BCUT2D eigenvalue weighted by atomic mass is 32.2. The van der Waals surface area contributed by atoms with E-state index in [0.29, 0.717) is 31.5 Å². The molecule has 2 aliphatic rings. The van der Waals surface area contributed by atoms with Crippen molar-refractivity contribution in [1.29, 1.82) is 0 Å². The lowest BCUT2D eigenvalue weighted by Gasteiger charge is -2.35. The van der Waals surface area contributed by atoms with Gasteiger partial charge in [-0.05, 0) is 30.4 Å². The summed E-state index contributed by atoms with van der Waals surface area (Å²) in [5, 5.41) is 3.18. The summed E-state index contributed by atoms with van der Waals surface area (Å²) in [5.41, 5.74) is 0. The van der Waals surface area contributed by atoms with Gasteiger partial charge in [0.15, 0.2) is 6.54 Å². The van der Waals surface area contributed by atoms with Crippen LogP contribution in [0.2, 0.25) is 0 Å². The molecule has 1 aromatic rings. The summed E-state index contributed by atoms with van der Waals surface area (Å²) in [7, 11) is -3.84. The molecule has 1 saturated heterocycles. The van der Waals surface area contributed by atoms with E-state index in [1.165, 1.54) is 28.9 Å². The molecule has 0 radical (unpaired) electrons. The molecule has 28 heavy (non-hydrogen) atoms. The number of nitrogens with zero attached hydrogens (tertiary/aromatic N) is 1. The number of hydrogen-bond acceptors (Lipinski definition) is 3. The van der Waals surface area contributed by atoms with Crippen molar-refractivity contribution < 1.29 is 22.5 Å². The third-order valence-corrected chi connectivity index (χ3v) is 8.28. The molecule has 0 aromatic heterocycles. The number of hydrogen-bond donors (Lipinski definition) is 2. The molecule has 0 spiro atoms. The summed E-state index contributed by atoms with van der Waals surface area (Å²) in [6.07, 6.45) is 3.40.